The Balaban J connectivity index is 1.40. The van der Waals surface area contributed by atoms with Crippen molar-refractivity contribution in [1.82, 2.24) is 19.0 Å². The average molecular weight is 541 g/mol. The smallest absolute Gasteiger partial charge is 0.359 e. The summed E-state index contributed by atoms with van der Waals surface area (Å²) in [4.78, 5) is 40.2. The molecule has 0 atom stereocenters. The van der Waals surface area contributed by atoms with Crippen LogP contribution in [0.5, 0.6) is 0 Å². The van der Waals surface area contributed by atoms with Gasteiger partial charge in [0.05, 0.1) is 10.3 Å². The number of aromatic nitrogens is 2. The predicted molar refractivity (Wildman–Crippen MR) is 142 cm³/mol. The van der Waals surface area contributed by atoms with E-state index in [1.807, 2.05) is 20.8 Å². The molecule has 0 bridgehead atoms. The summed E-state index contributed by atoms with van der Waals surface area (Å²) in [6.07, 6.45) is 0.712. The standard InChI is InChI=1S/C27H32N4O6S/c1-19(2)12-13-31-26(33)23-7-5-4-6-22(23)25(28-31)27(34)37-18-24(32)29-14-16-30(17-15-29)38(35,36)21-10-8-20(3)9-11-21/h4-11,19H,12-18H2,1-3H3. The number of fused-ring (bicyclic) bond motifs is 1. The monoisotopic (exact) mass is 540 g/mol. The van der Waals surface area contributed by atoms with E-state index in [-0.39, 0.29) is 42.3 Å². The molecule has 0 saturated carbocycles. The number of carbonyl (C=O) groups is 2. The normalized spacial score (nSPS) is 14.7. The van der Waals surface area contributed by atoms with Gasteiger partial charge in [-0.3, -0.25) is 9.59 Å². The number of rotatable bonds is 8. The van der Waals surface area contributed by atoms with E-state index >= 15 is 0 Å². The third kappa shape index (κ3) is 5.94. The first-order valence-electron chi connectivity index (χ1n) is 12.6. The molecule has 1 saturated heterocycles. The van der Waals surface area contributed by atoms with E-state index < -0.39 is 28.5 Å². The minimum absolute atomic E-state index is 0.0224. The van der Waals surface area contributed by atoms with Gasteiger partial charge in [-0.25, -0.2) is 17.9 Å². The molecule has 0 radical (unpaired) electrons. The maximum absolute atomic E-state index is 13.0. The van der Waals surface area contributed by atoms with Crippen LogP contribution < -0.4 is 5.56 Å². The summed E-state index contributed by atoms with van der Waals surface area (Å²) in [5.74, 6) is -0.882. The molecule has 11 heteroatoms. The summed E-state index contributed by atoms with van der Waals surface area (Å²) in [6, 6.07) is 13.3. The van der Waals surface area contributed by atoms with Crippen molar-refractivity contribution in [2.75, 3.05) is 32.8 Å². The van der Waals surface area contributed by atoms with Gasteiger partial charge >= 0.3 is 5.97 Å². The molecule has 0 N–H and O–H groups in total. The van der Waals surface area contributed by atoms with Crippen LogP contribution in [0.25, 0.3) is 10.8 Å². The van der Waals surface area contributed by atoms with Crippen molar-refractivity contribution in [3.8, 4) is 0 Å². The van der Waals surface area contributed by atoms with Gasteiger partial charge < -0.3 is 9.64 Å². The van der Waals surface area contributed by atoms with Gasteiger partial charge in [0, 0.05) is 38.1 Å². The second-order valence-electron chi connectivity index (χ2n) is 9.78. The molecule has 0 unspecified atom stereocenters. The second kappa shape index (κ2) is 11.4. The fourth-order valence-corrected chi connectivity index (χ4v) is 5.66. The van der Waals surface area contributed by atoms with Gasteiger partial charge in [0.25, 0.3) is 11.5 Å². The van der Waals surface area contributed by atoms with Crippen LogP contribution in [0.3, 0.4) is 0 Å². The number of piperazine rings is 1. The van der Waals surface area contributed by atoms with E-state index in [2.05, 4.69) is 5.10 Å². The minimum Gasteiger partial charge on any atom is -0.451 e. The highest BCUT2D eigenvalue weighted by atomic mass is 32.2. The molecule has 1 aromatic heterocycles. The van der Waals surface area contributed by atoms with Crippen LogP contribution in [0.1, 0.15) is 36.3 Å². The highest BCUT2D eigenvalue weighted by molar-refractivity contribution is 7.89. The third-order valence-corrected chi connectivity index (χ3v) is 8.47. The molecule has 4 rings (SSSR count). The number of hydrogen-bond donors (Lipinski definition) is 0. The van der Waals surface area contributed by atoms with Crippen LogP contribution in [0, 0.1) is 12.8 Å². The molecule has 202 valence electrons. The van der Waals surface area contributed by atoms with Crippen molar-refractivity contribution in [3.63, 3.8) is 0 Å². The molecule has 0 aliphatic carbocycles. The third-order valence-electron chi connectivity index (χ3n) is 6.56. The van der Waals surface area contributed by atoms with Crippen LogP contribution in [-0.4, -0.2) is 72.1 Å². The number of carbonyl (C=O) groups excluding carboxylic acids is 2. The predicted octanol–water partition coefficient (Wildman–Crippen LogP) is 2.44. The van der Waals surface area contributed by atoms with Crippen molar-refractivity contribution >= 4 is 32.7 Å². The Morgan fingerprint density at radius 3 is 2.24 bits per heavy atom. The number of hydrogen-bond acceptors (Lipinski definition) is 7. The van der Waals surface area contributed by atoms with Gasteiger partial charge in [0.2, 0.25) is 10.0 Å². The molecule has 1 amide bonds. The van der Waals surface area contributed by atoms with Gasteiger partial charge in [0.15, 0.2) is 12.3 Å². The van der Waals surface area contributed by atoms with E-state index in [0.717, 1.165) is 5.56 Å². The Kier molecular flexibility index (Phi) is 8.27. The summed E-state index contributed by atoms with van der Waals surface area (Å²) in [7, 11) is -3.65. The quantitative estimate of drug-likeness (QED) is 0.403. The first-order chi connectivity index (χ1) is 18.1. The molecule has 1 aliphatic rings. The van der Waals surface area contributed by atoms with Crippen LogP contribution in [-0.2, 0) is 26.1 Å². The molecular formula is C27H32N4O6S. The van der Waals surface area contributed by atoms with Gasteiger partial charge in [-0.1, -0.05) is 49.7 Å². The molecule has 3 aromatic rings. The van der Waals surface area contributed by atoms with Crippen molar-refractivity contribution in [1.29, 1.82) is 0 Å². The zero-order valence-corrected chi connectivity index (χ0v) is 22.6. The van der Waals surface area contributed by atoms with Gasteiger partial charge in [-0.2, -0.15) is 9.40 Å². The Morgan fingerprint density at radius 1 is 0.974 bits per heavy atom. The summed E-state index contributed by atoms with van der Waals surface area (Å²) in [6.45, 7) is 6.45. The highest BCUT2D eigenvalue weighted by Gasteiger charge is 2.30. The summed E-state index contributed by atoms with van der Waals surface area (Å²) in [5, 5.41) is 4.99. The number of benzene rings is 2. The Bertz CT molecular complexity index is 1490. The maximum atomic E-state index is 13.0. The topological polar surface area (TPSA) is 119 Å². The van der Waals surface area contributed by atoms with E-state index in [4.69, 9.17) is 4.74 Å². The summed E-state index contributed by atoms with van der Waals surface area (Å²) < 4.78 is 33.8. The van der Waals surface area contributed by atoms with Gasteiger partial charge in [0.1, 0.15) is 0 Å². The Morgan fingerprint density at radius 2 is 1.61 bits per heavy atom. The van der Waals surface area contributed by atoms with Gasteiger partial charge in [-0.05, 0) is 37.5 Å². The average Bonchev–Trinajstić information content (AvgIpc) is 2.91. The lowest BCUT2D eigenvalue weighted by atomic mass is 10.1. The zero-order valence-electron chi connectivity index (χ0n) is 21.8. The van der Waals surface area contributed by atoms with E-state index in [0.29, 0.717) is 29.7 Å². The number of aryl methyl sites for hydroxylation is 2. The lowest BCUT2D eigenvalue weighted by molar-refractivity contribution is -0.135. The van der Waals surface area contributed by atoms with Crippen LogP contribution in [0.2, 0.25) is 0 Å². The van der Waals surface area contributed by atoms with Crippen molar-refractivity contribution < 1.29 is 22.7 Å². The Hall–Kier alpha value is -3.57. The first kappa shape index (κ1) is 27.5. The largest absolute Gasteiger partial charge is 0.451 e. The van der Waals surface area contributed by atoms with Crippen LogP contribution >= 0.6 is 0 Å². The lowest BCUT2D eigenvalue weighted by Gasteiger charge is -2.33. The van der Waals surface area contributed by atoms with Crippen molar-refractivity contribution in [3.05, 3.63) is 70.1 Å². The molecule has 2 heterocycles. The fraction of sp³-hybridized carbons (Fsp3) is 0.407. The summed E-state index contributed by atoms with van der Waals surface area (Å²) >= 11 is 0. The fourth-order valence-electron chi connectivity index (χ4n) is 4.24. The number of nitrogens with zero attached hydrogens (tertiary/aromatic N) is 4. The number of esters is 1. The van der Waals surface area contributed by atoms with E-state index in [1.165, 1.54) is 13.9 Å². The molecule has 1 aliphatic heterocycles. The van der Waals surface area contributed by atoms with E-state index in [1.54, 1.807) is 48.5 Å². The molecular weight excluding hydrogens is 508 g/mol. The molecule has 1 fully saturated rings. The molecule has 10 nitrogen and oxygen atoms in total. The number of ether oxygens (including phenoxy) is 1. The Labute approximate surface area is 221 Å². The lowest BCUT2D eigenvalue weighted by Crippen LogP contribution is -2.51. The van der Waals surface area contributed by atoms with Crippen molar-refractivity contribution in [2.45, 2.75) is 38.6 Å². The first-order valence-corrected chi connectivity index (χ1v) is 14.0. The number of sulfonamides is 1. The minimum atomic E-state index is -3.65. The van der Waals surface area contributed by atoms with Crippen LogP contribution in [0.15, 0.2) is 58.2 Å². The van der Waals surface area contributed by atoms with Crippen molar-refractivity contribution in [2.24, 2.45) is 5.92 Å². The molecule has 2 aromatic carbocycles. The molecule has 0 spiro atoms. The van der Waals surface area contributed by atoms with Crippen LogP contribution in [0.4, 0.5) is 0 Å². The number of amides is 1. The summed E-state index contributed by atoms with van der Waals surface area (Å²) in [5.41, 5.74) is 0.657. The maximum Gasteiger partial charge on any atom is 0.359 e. The SMILES string of the molecule is Cc1ccc(S(=O)(=O)N2CCN(C(=O)COC(=O)c3nn(CCC(C)C)c(=O)c4ccccc34)CC2)cc1. The van der Waals surface area contributed by atoms with Gasteiger partial charge in [-0.15, -0.1) is 0 Å². The zero-order chi connectivity index (χ0) is 27.4. The highest BCUT2D eigenvalue weighted by Crippen LogP contribution is 2.19. The second-order valence-corrected chi connectivity index (χ2v) is 11.7. The van der Waals surface area contributed by atoms with E-state index in [9.17, 15) is 22.8 Å². The molecule has 38 heavy (non-hydrogen) atoms.